The zero-order valence-electron chi connectivity index (χ0n) is 15.8. The number of esters is 1. The molecule has 0 spiro atoms. The number of benzene rings is 2. The fourth-order valence-corrected chi connectivity index (χ4v) is 3.54. The molecule has 0 radical (unpaired) electrons. The molecule has 0 atom stereocenters. The van der Waals surface area contributed by atoms with Crippen molar-refractivity contribution in [2.45, 2.75) is 11.3 Å². The molecule has 0 saturated carbocycles. The molecule has 29 heavy (non-hydrogen) atoms. The van der Waals surface area contributed by atoms with Crippen molar-refractivity contribution in [1.29, 1.82) is 0 Å². The molecule has 8 heteroatoms. The smallest absolute Gasteiger partial charge is 0.308 e. The molecule has 3 rings (SSSR count). The van der Waals surface area contributed by atoms with E-state index in [1.165, 1.54) is 4.90 Å². The lowest BCUT2D eigenvalue weighted by Crippen LogP contribution is -2.40. The van der Waals surface area contributed by atoms with Gasteiger partial charge in [0, 0.05) is 23.7 Å². The highest BCUT2D eigenvalue weighted by molar-refractivity contribution is 7.99. The third kappa shape index (κ3) is 6.25. The van der Waals surface area contributed by atoms with Crippen LogP contribution in [0.25, 0.3) is 0 Å². The van der Waals surface area contributed by atoms with E-state index in [-0.39, 0.29) is 38.0 Å². The maximum Gasteiger partial charge on any atom is 0.308 e. The quantitative estimate of drug-likeness (QED) is 0.385. The van der Waals surface area contributed by atoms with Gasteiger partial charge in [-0.25, -0.2) is 0 Å². The number of carbonyl (C=O) groups excluding carboxylic acids is 3. The van der Waals surface area contributed by atoms with E-state index < -0.39 is 5.97 Å². The van der Waals surface area contributed by atoms with Crippen molar-refractivity contribution in [2.75, 3.05) is 37.0 Å². The van der Waals surface area contributed by atoms with Crippen molar-refractivity contribution in [3.8, 4) is 5.75 Å². The van der Waals surface area contributed by atoms with Gasteiger partial charge in [-0.1, -0.05) is 30.3 Å². The van der Waals surface area contributed by atoms with Crippen molar-refractivity contribution in [3.63, 3.8) is 0 Å². The first kappa shape index (κ1) is 20.7. The van der Waals surface area contributed by atoms with Crippen LogP contribution in [-0.2, 0) is 19.1 Å². The summed E-state index contributed by atoms with van der Waals surface area (Å²) in [5.74, 6) is 0.233. The van der Waals surface area contributed by atoms with Gasteiger partial charge in [0.25, 0.3) is 11.8 Å². The number of fused-ring (bicyclic) bond motifs is 1. The summed E-state index contributed by atoms with van der Waals surface area (Å²) in [6, 6.07) is 17.0. The van der Waals surface area contributed by atoms with Crippen LogP contribution in [-0.4, -0.2) is 49.8 Å². The highest BCUT2D eigenvalue weighted by atomic mass is 32.2. The summed E-state index contributed by atoms with van der Waals surface area (Å²) < 4.78 is 10.4. The van der Waals surface area contributed by atoms with Crippen LogP contribution in [0.3, 0.4) is 0 Å². The Balaban J connectivity index is 1.33. The lowest BCUT2D eigenvalue weighted by molar-refractivity contribution is -0.148. The van der Waals surface area contributed by atoms with Gasteiger partial charge in [0.15, 0.2) is 13.2 Å². The van der Waals surface area contributed by atoms with Crippen LogP contribution in [0.2, 0.25) is 0 Å². The second-order valence-electron chi connectivity index (χ2n) is 6.22. The van der Waals surface area contributed by atoms with Crippen LogP contribution in [0.15, 0.2) is 59.5 Å². The molecule has 1 aliphatic rings. The largest absolute Gasteiger partial charge is 0.482 e. The molecule has 2 aromatic rings. The van der Waals surface area contributed by atoms with Gasteiger partial charge in [0.05, 0.1) is 12.1 Å². The number of thioether (sulfide) groups is 1. The summed E-state index contributed by atoms with van der Waals surface area (Å²) in [4.78, 5) is 38.5. The SMILES string of the molecule is O=C(COC(=O)CCN1C(=O)COc2ccccc21)NCCSc1ccccc1. The molecule has 152 valence electrons. The zero-order chi connectivity index (χ0) is 20.5. The van der Waals surface area contributed by atoms with Crippen molar-refractivity contribution in [3.05, 3.63) is 54.6 Å². The number of nitrogens with one attached hydrogen (secondary N) is 1. The molecule has 1 aliphatic heterocycles. The van der Waals surface area contributed by atoms with Gasteiger partial charge in [-0.05, 0) is 24.3 Å². The monoisotopic (exact) mass is 414 g/mol. The summed E-state index contributed by atoms with van der Waals surface area (Å²) >= 11 is 1.64. The number of ether oxygens (including phenoxy) is 2. The van der Waals surface area contributed by atoms with Crippen LogP contribution in [0.1, 0.15) is 6.42 Å². The van der Waals surface area contributed by atoms with Gasteiger partial charge in [-0.15, -0.1) is 11.8 Å². The third-order valence-electron chi connectivity index (χ3n) is 4.15. The topological polar surface area (TPSA) is 84.9 Å². The van der Waals surface area contributed by atoms with Gasteiger partial charge in [-0.3, -0.25) is 14.4 Å². The Bertz CT molecular complexity index is 859. The van der Waals surface area contributed by atoms with Gasteiger partial charge in [0.1, 0.15) is 5.75 Å². The Hall–Kier alpha value is -3.00. The number of nitrogens with zero attached hydrogens (tertiary/aromatic N) is 1. The summed E-state index contributed by atoms with van der Waals surface area (Å²) in [6.07, 6.45) is -0.00276. The maximum absolute atomic E-state index is 12.1. The number of hydrogen-bond donors (Lipinski definition) is 1. The average molecular weight is 414 g/mol. The number of anilines is 1. The Kier molecular flexibility index (Phi) is 7.52. The molecule has 0 unspecified atom stereocenters. The maximum atomic E-state index is 12.1. The highest BCUT2D eigenvalue weighted by Gasteiger charge is 2.25. The third-order valence-corrected chi connectivity index (χ3v) is 5.16. The van der Waals surface area contributed by atoms with Gasteiger partial charge >= 0.3 is 5.97 Å². The van der Waals surface area contributed by atoms with E-state index >= 15 is 0 Å². The minimum absolute atomic E-state index is 0.00276. The van der Waals surface area contributed by atoms with E-state index in [4.69, 9.17) is 9.47 Å². The summed E-state index contributed by atoms with van der Waals surface area (Å²) in [5, 5.41) is 2.72. The van der Waals surface area contributed by atoms with Gasteiger partial charge in [-0.2, -0.15) is 0 Å². The first-order valence-corrected chi connectivity index (χ1v) is 10.2. The molecule has 0 fully saturated rings. The molecule has 0 aliphatic carbocycles. The van der Waals surface area contributed by atoms with Crippen LogP contribution >= 0.6 is 11.8 Å². The fourth-order valence-electron chi connectivity index (χ4n) is 2.75. The van der Waals surface area contributed by atoms with Crippen LogP contribution in [0, 0.1) is 0 Å². The molecule has 0 saturated heterocycles. The van der Waals surface area contributed by atoms with Crippen LogP contribution in [0.5, 0.6) is 5.75 Å². The van der Waals surface area contributed by atoms with Gasteiger partial charge in [0.2, 0.25) is 0 Å². The van der Waals surface area contributed by atoms with Gasteiger partial charge < -0.3 is 19.7 Å². The number of carbonyl (C=O) groups is 3. The van der Waals surface area contributed by atoms with E-state index in [0.29, 0.717) is 18.0 Å². The van der Waals surface area contributed by atoms with E-state index in [1.807, 2.05) is 36.4 Å². The lowest BCUT2D eigenvalue weighted by atomic mass is 10.2. The first-order chi connectivity index (χ1) is 14.1. The standard InChI is InChI=1S/C21H22N2O5S/c24-19(22-11-13-29-16-6-2-1-3-7-16)14-28-21(26)10-12-23-17-8-4-5-9-18(17)27-15-20(23)25/h1-9H,10-15H2,(H,22,24). The van der Waals surface area contributed by atoms with Crippen LogP contribution < -0.4 is 15.0 Å². The Morgan fingerprint density at radius 2 is 1.86 bits per heavy atom. The summed E-state index contributed by atoms with van der Waals surface area (Å²) in [5.41, 5.74) is 0.630. The lowest BCUT2D eigenvalue weighted by Gasteiger charge is -2.28. The number of hydrogen-bond acceptors (Lipinski definition) is 6. The molecule has 2 amide bonds. The molecule has 1 N–H and O–H groups in total. The van der Waals surface area contributed by atoms with Crippen molar-refractivity contribution < 1.29 is 23.9 Å². The fraction of sp³-hybridized carbons (Fsp3) is 0.286. The molecule has 0 aromatic heterocycles. The highest BCUT2D eigenvalue weighted by Crippen LogP contribution is 2.31. The molecule has 1 heterocycles. The average Bonchev–Trinajstić information content (AvgIpc) is 2.75. The number of amides is 2. The molecule has 0 bridgehead atoms. The Morgan fingerprint density at radius 3 is 2.69 bits per heavy atom. The van der Waals surface area contributed by atoms with E-state index in [1.54, 1.807) is 30.0 Å². The van der Waals surface area contributed by atoms with E-state index in [2.05, 4.69) is 5.32 Å². The summed E-state index contributed by atoms with van der Waals surface area (Å²) in [7, 11) is 0. The Labute approximate surface area is 173 Å². The predicted octanol–water partition coefficient (Wildman–Crippen LogP) is 2.25. The molecular weight excluding hydrogens is 392 g/mol. The first-order valence-electron chi connectivity index (χ1n) is 9.26. The minimum Gasteiger partial charge on any atom is -0.482 e. The minimum atomic E-state index is -0.532. The number of para-hydroxylation sites is 2. The summed E-state index contributed by atoms with van der Waals surface area (Å²) in [6.45, 7) is 0.264. The Morgan fingerprint density at radius 1 is 1.10 bits per heavy atom. The second-order valence-corrected chi connectivity index (χ2v) is 7.39. The molecular formula is C21H22N2O5S. The van der Waals surface area contributed by atoms with Crippen molar-refractivity contribution >= 4 is 35.2 Å². The van der Waals surface area contributed by atoms with Crippen molar-refractivity contribution in [2.24, 2.45) is 0 Å². The van der Waals surface area contributed by atoms with E-state index in [0.717, 1.165) is 10.6 Å². The predicted molar refractivity (Wildman–Crippen MR) is 110 cm³/mol. The zero-order valence-corrected chi connectivity index (χ0v) is 16.7. The van der Waals surface area contributed by atoms with E-state index in [9.17, 15) is 14.4 Å². The van der Waals surface area contributed by atoms with Crippen LogP contribution in [0.4, 0.5) is 5.69 Å². The normalized spacial score (nSPS) is 12.7. The molecule has 2 aromatic carbocycles. The second kappa shape index (κ2) is 10.5. The van der Waals surface area contributed by atoms with Crippen molar-refractivity contribution in [1.82, 2.24) is 5.32 Å². The number of rotatable bonds is 9. The molecule has 7 nitrogen and oxygen atoms in total.